The normalized spacial score (nSPS) is 15.4. The number of aromatic nitrogens is 5. The van der Waals surface area contributed by atoms with Crippen molar-refractivity contribution >= 4 is 92.9 Å². The van der Waals surface area contributed by atoms with Gasteiger partial charge in [-0.15, -0.1) is 0 Å². The minimum atomic E-state index is -1.95. The van der Waals surface area contributed by atoms with E-state index in [-0.39, 0.29) is 93.2 Å². The first kappa shape index (κ1) is 72.6. The van der Waals surface area contributed by atoms with Gasteiger partial charge in [-0.3, -0.25) is 63.0 Å². The number of carbonyl (C=O) groups excluding carboxylic acids is 10. The third kappa shape index (κ3) is 20.4. The lowest BCUT2D eigenvalue weighted by Crippen LogP contribution is -2.64. The number of nitrogens with zero attached hydrogens (tertiary/aromatic N) is 4. The summed E-state index contributed by atoms with van der Waals surface area (Å²) in [5, 5.41) is 56.9. The highest BCUT2D eigenvalue weighted by atomic mass is 16.4. The van der Waals surface area contributed by atoms with Crippen molar-refractivity contribution in [2.24, 2.45) is 28.9 Å². The number of fused-ring (bicyclic) bond motifs is 2. The topological polar surface area (TPSA) is 540 Å². The number of aliphatic carboxylic acids is 1. The fourth-order valence-corrected chi connectivity index (χ4v) is 11.1. The van der Waals surface area contributed by atoms with Gasteiger partial charge in [0.1, 0.15) is 53.9 Å². The summed E-state index contributed by atoms with van der Waals surface area (Å²) in [4.78, 5) is 175. The number of aromatic hydroxyl groups is 1. The van der Waals surface area contributed by atoms with Gasteiger partial charge in [0.2, 0.25) is 53.2 Å². The summed E-state index contributed by atoms with van der Waals surface area (Å²) in [6.07, 6.45) is 2.44. The Morgan fingerprint density at radius 3 is 2.02 bits per heavy atom. The zero-order valence-corrected chi connectivity index (χ0v) is 53.0. The Balaban J connectivity index is 1.25. The number of carboxylic acids is 1. The van der Waals surface area contributed by atoms with Gasteiger partial charge in [-0.1, -0.05) is 56.3 Å². The number of likely N-dealkylation sites (tertiary alicyclic amines) is 1. The fourth-order valence-electron chi connectivity index (χ4n) is 11.1. The van der Waals surface area contributed by atoms with Gasteiger partial charge < -0.3 is 95.3 Å². The number of imidazole rings is 2. The van der Waals surface area contributed by atoms with Crippen LogP contribution in [0.2, 0.25) is 0 Å². The van der Waals surface area contributed by atoms with Gasteiger partial charge >= 0.3 is 5.97 Å². The van der Waals surface area contributed by atoms with Crippen molar-refractivity contribution in [1.29, 1.82) is 5.41 Å². The molecule has 33 nitrogen and oxygen atoms in total. The van der Waals surface area contributed by atoms with Crippen LogP contribution in [-0.2, 0) is 78.4 Å². The molecule has 0 bridgehead atoms. The number of phenolic OH excluding ortho intramolecular Hbond substituents is 1. The number of rotatable bonds is 35. The molecule has 0 radical (unpaired) electrons. The largest absolute Gasteiger partial charge is 0.508 e. The van der Waals surface area contributed by atoms with Crippen molar-refractivity contribution in [3.8, 4) is 5.75 Å². The maximum atomic E-state index is 16.0. The van der Waals surface area contributed by atoms with Gasteiger partial charge in [0.25, 0.3) is 5.91 Å². The minimum absolute atomic E-state index is 0.0428. The van der Waals surface area contributed by atoms with Crippen LogP contribution in [0.4, 0.5) is 0 Å². The molecule has 1 aliphatic heterocycles. The zero-order valence-electron chi connectivity index (χ0n) is 53.0. The fraction of sp³-hybridized carbons (Fsp3) is 0.429. The number of hydrogen-bond donors (Lipinski definition) is 18. The number of para-hydroxylation sites is 3. The van der Waals surface area contributed by atoms with E-state index in [0.29, 0.717) is 38.8 Å². The van der Waals surface area contributed by atoms with Gasteiger partial charge in [0.05, 0.1) is 48.3 Å². The van der Waals surface area contributed by atoms with E-state index in [1.165, 1.54) is 41.7 Å². The molecule has 6 aromatic rings. The van der Waals surface area contributed by atoms with Crippen LogP contribution in [0, 0.1) is 11.3 Å². The summed E-state index contributed by atoms with van der Waals surface area (Å²) < 4.78 is 0. The summed E-state index contributed by atoms with van der Waals surface area (Å²) in [5.74, 6) is -12.0. The Hall–Kier alpha value is -10.8. The van der Waals surface area contributed by atoms with Crippen LogP contribution >= 0.6 is 0 Å². The summed E-state index contributed by atoms with van der Waals surface area (Å²) in [7, 11) is 0. The third-order valence-electron chi connectivity index (χ3n) is 16.0. The smallest absolute Gasteiger partial charge is 0.303 e. The lowest BCUT2D eigenvalue weighted by Gasteiger charge is -2.36. The van der Waals surface area contributed by atoms with E-state index in [1.54, 1.807) is 68.6 Å². The number of guanidine groups is 1. The average Bonchev–Trinajstić information content (AvgIpc) is 0.984. The Kier molecular flexibility index (Phi) is 26.0. The Labute approximate surface area is 550 Å². The predicted molar refractivity (Wildman–Crippen MR) is 347 cm³/mol. The molecule has 10 amide bonds. The number of carboxylic acid groups (broad SMARTS) is 1. The molecule has 3 aromatic heterocycles. The van der Waals surface area contributed by atoms with E-state index < -0.39 is 151 Å². The lowest BCUT2D eigenvalue weighted by molar-refractivity contribution is -0.156. The molecule has 1 saturated heterocycles. The van der Waals surface area contributed by atoms with Crippen molar-refractivity contribution in [2.45, 2.75) is 139 Å². The van der Waals surface area contributed by atoms with Crippen LogP contribution in [0.15, 0.2) is 91.5 Å². The highest BCUT2D eigenvalue weighted by Crippen LogP contribution is 2.24. The molecule has 0 spiro atoms. The van der Waals surface area contributed by atoms with E-state index in [2.05, 4.69) is 62.1 Å². The molecule has 3 aromatic carbocycles. The standard InChI is InChI=1S/C63H83N19O14/c1-33(2)23-50(59(93)76-44(13-7-21-70-63(67)68)61(95)81-22-8-14-49(81)58(92)72-30-51(66)85)82(60(94)40(65)27-52-74-42-11-5-6-12-43(42)75-52)62(96)47(24-34-15-17-37(84)18-16-34)79-57(91)48(31-83)80-55(89)45(25-35-28-71-41-10-4-3-9-38(35)41)78-56(90)46(26-36-29-69-32-73-36)77-54(88)39(64)19-20-53(86)87/h3-6,9-12,15-18,28-29,32-33,39-40,44-50,71,83-84H,7-8,13-14,19-27,30-31,64-65H2,1-2H3,(H2,66,85)(H,69,73)(H,72,92)(H,74,75)(H,76,93)(H,77,88)(H,78,90)(H,79,91)(H,80,89)(H,86,87)(H4,67,68,70)/t39-,40+,44-,45-,46-,47-,48-,49-,50-/m0/s1. The van der Waals surface area contributed by atoms with Gasteiger partial charge in [0, 0.05) is 68.5 Å². The second-order valence-corrected chi connectivity index (χ2v) is 23.8. The van der Waals surface area contributed by atoms with Crippen LogP contribution in [0.1, 0.15) is 81.4 Å². The maximum absolute atomic E-state index is 16.0. The number of nitrogens with two attached hydrogens (primary N) is 4. The molecule has 0 saturated carbocycles. The summed E-state index contributed by atoms with van der Waals surface area (Å²) in [6, 6.07) is 4.96. The third-order valence-corrected chi connectivity index (χ3v) is 16.0. The minimum Gasteiger partial charge on any atom is -0.508 e. The van der Waals surface area contributed by atoms with E-state index in [4.69, 9.17) is 28.3 Å². The molecule has 22 N–H and O–H groups in total. The zero-order chi connectivity index (χ0) is 69.8. The number of imide groups is 1. The maximum Gasteiger partial charge on any atom is 0.303 e. The summed E-state index contributed by atoms with van der Waals surface area (Å²) in [5.41, 5.74) is 26.5. The number of aliphatic hydroxyl groups excluding tert-OH is 1. The molecule has 0 unspecified atom stereocenters. The first-order valence-corrected chi connectivity index (χ1v) is 31.2. The van der Waals surface area contributed by atoms with E-state index in [0.717, 1.165) is 0 Å². The second kappa shape index (κ2) is 34.4. The number of amides is 10. The Bertz CT molecular complexity index is 3710. The average molecular weight is 1330 g/mol. The number of phenols is 1. The number of benzene rings is 3. The van der Waals surface area contributed by atoms with Crippen LogP contribution < -0.4 is 60.2 Å². The molecule has 1 aliphatic rings. The molecular formula is C63H83N19O14. The number of carbonyl (C=O) groups is 11. The molecule has 4 heterocycles. The highest BCUT2D eigenvalue weighted by molar-refractivity contribution is 6.06. The number of primary amides is 1. The first-order valence-electron chi connectivity index (χ1n) is 31.2. The SMILES string of the molecule is CC(C)C[C@@H](C(=O)N[C@@H](CCCNC(=N)N)C(=O)N1CCC[C@H]1C(=O)NCC(N)=O)N(C(=O)[C@H](N)Cc1nc2ccccc2[nH]1)C(=O)[C@H](Cc1ccc(O)cc1)NC(=O)[C@H](CO)NC(=O)[C@H](Cc1c[nH]c2ccccc12)NC(=O)[C@H](Cc1c[nH]cn1)NC(=O)[C@@H](N)CCC(=O)O. The van der Waals surface area contributed by atoms with Crippen LogP contribution in [0.25, 0.3) is 21.9 Å². The van der Waals surface area contributed by atoms with Crippen molar-refractivity contribution in [2.75, 3.05) is 26.2 Å². The molecule has 96 heavy (non-hydrogen) atoms. The second-order valence-electron chi connectivity index (χ2n) is 23.8. The van der Waals surface area contributed by atoms with Crippen molar-refractivity contribution < 1.29 is 68.1 Å². The molecule has 7 rings (SSSR count). The quantitative estimate of drug-likeness (QED) is 0.0109. The monoisotopic (exact) mass is 1330 g/mol. The summed E-state index contributed by atoms with van der Waals surface area (Å²) >= 11 is 0. The molecule has 1 fully saturated rings. The Morgan fingerprint density at radius 1 is 0.719 bits per heavy atom. The van der Waals surface area contributed by atoms with Crippen molar-refractivity contribution in [1.82, 2.24) is 71.9 Å². The highest BCUT2D eigenvalue weighted by Gasteiger charge is 2.44. The number of H-pyrrole nitrogens is 3. The van der Waals surface area contributed by atoms with Crippen LogP contribution in [0.5, 0.6) is 5.75 Å². The van der Waals surface area contributed by atoms with Gasteiger partial charge in [-0.05, 0) is 85.9 Å². The van der Waals surface area contributed by atoms with E-state index >= 15 is 14.4 Å². The van der Waals surface area contributed by atoms with Gasteiger partial charge in [-0.2, -0.15) is 0 Å². The number of hydrogen-bond acceptors (Lipinski definition) is 18. The Morgan fingerprint density at radius 2 is 1.36 bits per heavy atom. The number of aromatic amines is 3. The molecule has 514 valence electrons. The number of aliphatic hydroxyl groups is 1. The van der Waals surface area contributed by atoms with E-state index in [1.807, 2.05) is 0 Å². The van der Waals surface area contributed by atoms with Gasteiger partial charge in [-0.25, -0.2) is 9.97 Å². The molecular weight excluding hydrogens is 1250 g/mol. The van der Waals surface area contributed by atoms with Crippen molar-refractivity contribution in [3.63, 3.8) is 0 Å². The summed E-state index contributed by atoms with van der Waals surface area (Å²) in [6.45, 7) is 1.80. The van der Waals surface area contributed by atoms with Gasteiger partial charge in [0.15, 0.2) is 5.96 Å². The molecule has 9 atom stereocenters. The van der Waals surface area contributed by atoms with Crippen molar-refractivity contribution in [3.05, 3.63) is 114 Å². The lowest BCUT2D eigenvalue weighted by atomic mass is 9.96. The van der Waals surface area contributed by atoms with Crippen LogP contribution in [-0.4, -0.2) is 202 Å². The predicted octanol–water partition coefficient (Wildman–Crippen LogP) is -2.70. The first-order chi connectivity index (χ1) is 45.8. The molecule has 33 heteroatoms. The van der Waals surface area contributed by atoms with E-state index in [9.17, 15) is 53.7 Å². The van der Waals surface area contributed by atoms with Crippen LogP contribution in [0.3, 0.4) is 0 Å². The molecule has 0 aliphatic carbocycles. The number of nitrogens with one attached hydrogen (secondary N) is 11.